The summed E-state index contributed by atoms with van der Waals surface area (Å²) in [6.07, 6.45) is 3.62. The maximum atomic E-state index is 6.27. The molecule has 2 aliphatic rings. The third kappa shape index (κ3) is 2.44. The predicted molar refractivity (Wildman–Crippen MR) is 74.0 cm³/mol. The highest BCUT2D eigenvalue weighted by Gasteiger charge is 2.48. The summed E-state index contributed by atoms with van der Waals surface area (Å²) in [6, 6.07) is 10.7. The minimum absolute atomic E-state index is 0.0537. The highest BCUT2D eigenvalue weighted by atomic mass is 32.2. The highest BCUT2D eigenvalue weighted by molar-refractivity contribution is 8.00. The van der Waals surface area contributed by atoms with Crippen LogP contribution in [0.4, 0.5) is 0 Å². The van der Waals surface area contributed by atoms with Crippen LogP contribution in [-0.4, -0.2) is 30.2 Å². The van der Waals surface area contributed by atoms with Crippen LogP contribution >= 0.6 is 11.8 Å². The summed E-state index contributed by atoms with van der Waals surface area (Å²) in [5.74, 6) is 0. The summed E-state index contributed by atoms with van der Waals surface area (Å²) in [6.45, 7) is 3.89. The van der Waals surface area contributed by atoms with E-state index in [-0.39, 0.29) is 5.60 Å². The molecule has 3 rings (SSSR count). The van der Waals surface area contributed by atoms with Crippen molar-refractivity contribution in [3.8, 4) is 0 Å². The molecular formula is C15H20O2S. The lowest BCUT2D eigenvalue weighted by Gasteiger charge is -2.37. The average molecular weight is 264 g/mol. The molecule has 0 N–H and O–H groups in total. The van der Waals surface area contributed by atoms with Gasteiger partial charge in [-0.15, -0.1) is 11.8 Å². The second kappa shape index (κ2) is 5.24. The molecule has 0 amide bonds. The van der Waals surface area contributed by atoms with E-state index in [0.717, 1.165) is 32.5 Å². The molecule has 18 heavy (non-hydrogen) atoms. The molecule has 0 aromatic heterocycles. The Morgan fingerprint density at radius 3 is 2.61 bits per heavy atom. The Bertz CT molecular complexity index is 387. The fraction of sp³-hybridized carbons (Fsp3) is 0.600. The Balaban J connectivity index is 1.77. The molecule has 1 aromatic carbocycles. The minimum Gasteiger partial charge on any atom is -0.381 e. The third-order valence-corrected chi connectivity index (χ3v) is 5.38. The van der Waals surface area contributed by atoms with E-state index in [1.165, 1.54) is 4.90 Å². The van der Waals surface area contributed by atoms with Crippen molar-refractivity contribution in [3.05, 3.63) is 30.3 Å². The lowest BCUT2D eigenvalue weighted by Crippen LogP contribution is -2.43. The van der Waals surface area contributed by atoms with Crippen LogP contribution < -0.4 is 0 Å². The van der Waals surface area contributed by atoms with Gasteiger partial charge in [-0.1, -0.05) is 18.2 Å². The molecule has 2 nitrogen and oxygen atoms in total. The lowest BCUT2D eigenvalue weighted by molar-refractivity contribution is -0.0966. The Morgan fingerprint density at radius 1 is 1.17 bits per heavy atom. The number of hydrogen-bond acceptors (Lipinski definition) is 3. The molecule has 2 saturated heterocycles. The van der Waals surface area contributed by atoms with E-state index in [1.54, 1.807) is 0 Å². The Labute approximate surface area is 113 Å². The molecule has 0 radical (unpaired) electrons. The SMILES string of the molecule is C[C@H]1C[C@@H](Sc2ccccc2)C2(CCOCC2)O1. The topological polar surface area (TPSA) is 18.5 Å². The number of thioether (sulfide) groups is 1. The van der Waals surface area contributed by atoms with Crippen molar-refractivity contribution in [3.63, 3.8) is 0 Å². The van der Waals surface area contributed by atoms with Crippen molar-refractivity contribution in [2.24, 2.45) is 0 Å². The van der Waals surface area contributed by atoms with Gasteiger partial charge in [0.25, 0.3) is 0 Å². The maximum absolute atomic E-state index is 6.27. The van der Waals surface area contributed by atoms with Gasteiger partial charge in [-0.25, -0.2) is 0 Å². The van der Waals surface area contributed by atoms with E-state index >= 15 is 0 Å². The molecular weight excluding hydrogens is 244 g/mol. The van der Waals surface area contributed by atoms with Crippen LogP contribution in [0.3, 0.4) is 0 Å². The van der Waals surface area contributed by atoms with E-state index in [9.17, 15) is 0 Å². The van der Waals surface area contributed by atoms with Gasteiger partial charge in [0, 0.05) is 36.2 Å². The first-order valence-electron chi connectivity index (χ1n) is 6.76. The largest absolute Gasteiger partial charge is 0.381 e. The first-order valence-corrected chi connectivity index (χ1v) is 7.64. The van der Waals surface area contributed by atoms with Gasteiger partial charge in [0.2, 0.25) is 0 Å². The molecule has 98 valence electrons. The average Bonchev–Trinajstić information content (AvgIpc) is 2.67. The molecule has 2 fully saturated rings. The molecule has 0 aliphatic carbocycles. The van der Waals surface area contributed by atoms with Crippen LogP contribution in [0.5, 0.6) is 0 Å². The maximum Gasteiger partial charge on any atom is 0.0852 e. The number of hydrogen-bond donors (Lipinski definition) is 0. The fourth-order valence-corrected chi connectivity index (χ4v) is 4.53. The summed E-state index contributed by atoms with van der Waals surface area (Å²) in [5.41, 5.74) is 0.0537. The molecule has 0 bridgehead atoms. The second-order valence-electron chi connectivity index (χ2n) is 5.26. The molecule has 2 heterocycles. The Kier molecular flexibility index (Phi) is 3.64. The molecule has 0 saturated carbocycles. The zero-order valence-electron chi connectivity index (χ0n) is 10.8. The quantitative estimate of drug-likeness (QED) is 0.814. The van der Waals surface area contributed by atoms with Crippen LogP contribution in [0, 0.1) is 0 Å². The van der Waals surface area contributed by atoms with Crippen molar-refractivity contribution in [2.75, 3.05) is 13.2 Å². The molecule has 2 aliphatic heterocycles. The van der Waals surface area contributed by atoms with E-state index in [0.29, 0.717) is 11.4 Å². The van der Waals surface area contributed by atoms with Crippen molar-refractivity contribution in [1.29, 1.82) is 0 Å². The van der Waals surface area contributed by atoms with E-state index in [2.05, 4.69) is 37.3 Å². The molecule has 1 spiro atoms. The summed E-state index contributed by atoms with van der Waals surface area (Å²) in [4.78, 5) is 1.35. The van der Waals surface area contributed by atoms with Crippen molar-refractivity contribution in [1.82, 2.24) is 0 Å². The standard InChI is InChI=1S/C15H20O2S/c1-12-11-14(18-13-5-3-2-4-6-13)15(17-12)7-9-16-10-8-15/h2-6,12,14H,7-11H2,1H3/t12-,14+/m0/s1. The molecule has 2 atom stereocenters. The summed E-state index contributed by atoms with van der Waals surface area (Å²) in [5, 5.41) is 0.568. The van der Waals surface area contributed by atoms with Crippen LogP contribution in [0.25, 0.3) is 0 Å². The zero-order chi connectivity index (χ0) is 12.4. The first-order chi connectivity index (χ1) is 8.78. The van der Waals surface area contributed by atoms with Gasteiger partial charge in [0.15, 0.2) is 0 Å². The summed E-state index contributed by atoms with van der Waals surface area (Å²) in [7, 11) is 0. The lowest BCUT2D eigenvalue weighted by atomic mass is 9.90. The van der Waals surface area contributed by atoms with Crippen LogP contribution in [0.2, 0.25) is 0 Å². The van der Waals surface area contributed by atoms with Crippen molar-refractivity contribution >= 4 is 11.8 Å². The number of rotatable bonds is 2. The fourth-order valence-electron chi connectivity index (χ4n) is 3.02. The summed E-state index contributed by atoms with van der Waals surface area (Å²) >= 11 is 1.98. The number of benzene rings is 1. The predicted octanol–water partition coefficient (Wildman–Crippen LogP) is 3.51. The van der Waals surface area contributed by atoms with Crippen molar-refractivity contribution < 1.29 is 9.47 Å². The monoisotopic (exact) mass is 264 g/mol. The van der Waals surface area contributed by atoms with Gasteiger partial charge in [-0.2, -0.15) is 0 Å². The first kappa shape index (κ1) is 12.5. The van der Waals surface area contributed by atoms with Gasteiger partial charge in [-0.3, -0.25) is 0 Å². The molecule has 3 heteroatoms. The smallest absolute Gasteiger partial charge is 0.0852 e. The van der Waals surface area contributed by atoms with Gasteiger partial charge >= 0.3 is 0 Å². The Morgan fingerprint density at radius 2 is 1.89 bits per heavy atom. The zero-order valence-corrected chi connectivity index (χ0v) is 11.6. The molecule has 0 unspecified atom stereocenters. The van der Waals surface area contributed by atoms with Crippen molar-refractivity contribution in [2.45, 2.75) is 48.0 Å². The van der Waals surface area contributed by atoms with Crippen LogP contribution in [0.15, 0.2) is 35.2 Å². The second-order valence-corrected chi connectivity index (χ2v) is 6.54. The van der Waals surface area contributed by atoms with Gasteiger partial charge < -0.3 is 9.47 Å². The van der Waals surface area contributed by atoms with Gasteiger partial charge in [0.1, 0.15) is 0 Å². The van der Waals surface area contributed by atoms with E-state index in [1.807, 2.05) is 11.8 Å². The van der Waals surface area contributed by atoms with Crippen LogP contribution in [-0.2, 0) is 9.47 Å². The normalized spacial score (nSPS) is 30.7. The minimum atomic E-state index is 0.0537. The van der Waals surface area contributed by atoms with Crippen LogP contribution in [0.1, 0.15) is 26.2 Å². The van der Waals surface area contributed by atoms with Gasteiger partial charge in [0.05, 0.1) is 11.7 Å². The summed E-state index contributed by atoms with van der Waals surface area (Å²) < 4.78 is 11.8. The van der Waals surface area contributed by atoms with E-state index < -0.39 is 0 Å². The number of ether oxygens (including phenoxy) is 2. The van der Waals surface area contributed by atoms with Gasteiger partial charge in [-0.05, 0) is 25.5 Å². The Hall–Kier alpha value is -0.510. The van der Waals surface area contributed by atoms with E-state index in [4.69, 9.17) is 9.47 Å². The third-order valence-electron chi connectivity index (χ3n) is 3.93. The highest BCUT2D eigenvalue weighted by Crippen LogP contribution is 2.46. The molecule has 1 aromatic rings.